The van der Waals surface area contributed by atoms with E-state index >= 15 is 0 Å². The molecule has 7 heteroatoms. The zero-order valence-corrected chi connectivity index (χ0v) is 12.7. The lowest BCUT2D eigenvalue weighted by Crippen LogP contribution is -2.12. The lowest BCUT2D eigenvalue weighted by molar-refractivity contribution is -0.119. The number of hydrogen-bond donors (Lipinski definition) is 3. The molecule has 1 atom stereocenters. The third kappa shape index (κ3) is 9.42. The van der Waals surface area contributed by atoms with Crippen molar-refractivity contribution in [1.82, 2.24) is 16.0 Å². The number of carbonyl (C=O) groups is 3. The van der Waals surface area contributed by atoms with Gasteiger partial charge in [-0.3, -0.25) is 14.4 Å². The van der Waals surface area contributed by atoms with Gasteiger partial charge in [-0.15, -0.1) is 0 Å². The standard InChI is InChI=1S/3C4H7NO.H3P/c3*6-4-2-1-3-5-4;/h3*1-3H2,(H,5,6);1H3. The summed E-state index contributed by atoms with van der Waals surface area (Å²) in [6.07, 6.45) is 5.29. The maximum absolute atomic E-state index is 10.1. The molecular weight excluding hydrogens is 265 g/mol. The summed E-state index contributed by atoms with van der Waals surface area (Å²) in [7, 11) is 0. The molecule has 0 aromatic carbocycles. The number of nitrogens with one attached hydrogen (secondary N) is 3. The van der Waals surface area contributed by atoms with Crippen LogP contribution in [0.1, 0.15) is 38.5 Å². The first-order valence-corrected chi connectivity index (χ1v) is 6.48. The van der Waals surface area contributed by atoms with E-state index in [1.165, 1.54) is 0 Å². The minimum absolute atomic E-state index is 0. The predicted molar refractivity (Wildman–Crippen MR) is 77.8 cm³/mol. The number of hydrogen-bond acceptors (Lipinski definition) is 3. The summed E-state index contributed by atoms with van der Waals surface area (Å²) in [5, 5.41) is 8.04. The topological polar surface area (TPSA) is 87.3 Å². The molecule has 3 saturated heterocycles. The highest BCUT2D eigenvalue weighted by Crippen LogP contribution is 1.94. The summed E-state index contributed by atoms with van der Waals surface area (Å²) in [4.78, 5) is 30.4. The van der Waals surface area contributed by atoms with Crippen LogP contribution in [0.5, 0.6) is 0 Å². The van der Waals surface area contributed by atoms with Crippen LogP contribution in [0.2, 0.25) is 0 Å². The van der Waals surface area contributed by atoms with Crippen molar-refractivity contribution in [3.63, 3.8) is 0 Å². The van der Waals surface area contributed by atoms with E-state index in [9.17, 15) is 14.4 Å². The molecular formula is C12H24N3O3P. The summed E-state index contributed by atoms with van der Waals surface area (Å²) in [5.74, 6) is 0.611. The maximum Gasteiger partial charge on any atom is 0.220 e. The largest absolute Gasteiger partial charge is 0.356 e. The molecule has 3 aliphatic rings. The van der Waals surface area contributed by atoms with Crippen LogP contribution >= 0.6 is 9.90 Å². The highest BCUT2D eigenvalue weighted by Gasteiger charge is 2.06. The van der Waals surface area contributed by atoms with Crippen molar-refractivity contribution >= 4 is 27.6 Å². The van der Waals surface area contributed by atoms with Gasteiger partial charge in [0.1, 0.15) is 0 Å². The summed E-state index contributed by atoms with van der Waals surface area (Å²) in [6.45, 7) is 2.66. The second kappa shape index (κ2) is 10.7. The Hall–Kier alpha value is -1.16. The van der Waals surface area contributed by atoms with Gasteiger partial charge in [0.25, 0.3) is 0 Å². The maximum atomic E-state index is 10.1. The molecule has 0 radical (unpaired) electrons. The van der Waals surface area contributed by atoms with Crippen LogP contribution in [0, 0.1) is 0 Å². The van der Waals surface area contributed by atoms with E-state index in [1.807, 2.05) is 0 Å². The van der Waals surface area contributed by atoms with Crippen LogP contribution in [0.4, 0.5) is 0 Å². The Balaban J connectivity index is 0.000000249. The first kappa shape index (κ1) is 17.8. The zero-order valence-electron chi connectivity index (χ0n) is 11.3. The Morgan fingerprint density at radius 1 is 0.579 bits per heavy atom. The van der Waals surface area contributed by atoms with Gasteiger partial charge in [0, 0.05) is 38.9 Å². The molecule has 3 N–H and O–H groups in total. The molecule has 3 aliphatic heterocycles. The van der Waals surface area contributed by atoms with Crippen LogP contribution in [-0.4, -0.2) is 37.4 Å². The third-order valence-corrected chi connectivity index (χ3v) is 2.71. The van der Waals surface area contributed by atoms with Gasteiger partial charge in [0.15, 0.2) is 0 Å². The molecule has 1 unspecified atom stereocenters. The van der Waals surface area contributed by atoms with Gasteiger partial charge in [0.05, 0.1) is 0 Å². The second-order valence-electron chi connectivity index (χ2n) is 4.36. The van der Waals surface area contributed by atoms with Gasteiger partial charge in [-0.1, -0.05) is 0 Å². The number of amides is 3. The van der Waals surface area contributed by atoms with Gasteiger partial charge in [-0.05, 0) is 19.3 Å². The van der Waals surface area contributed by atoms with Gasteiger partial charge in [-0.2, -0.15) is 9.90 Å². The number of rotatable bonds is 0. The van der Waals surface area contributed by atoms with E-state index in [0.29, 0.717) is 0 Å². The smallest absolute Gasteiger partial charge is 0.220 e. The molecule has 0 spiro atoms. The summed E-state index contributed by atoms with van der Waals surface area (Å²) in [5.41, 5.74) is 0. The summed E-state index contributed by atoms with van der Waals surface area (Å²) < 4.78 is 0. The van der Waals surface area contributed by atoms with Gasteiger partial charge < -0.3 is 16.0 Å². The minimum Gasteiger partial charge on any atom is -0.356 e. The first-order valence-electron chi connectivity index (χ1n) is 6.48. The van der Waals surface area contributed by atoms with E-state index in [-0.39, 0.29) is 27.6 Å². The fraction of sp³-hybridized carbons (Fsp3) is 0.750. The Labute approximate surface area is 117 Å². The molecule has 0 aliphatic carbocycles. The molecule has 6 nitrogen and oxygen atoms in total. The summed E-state index contributed by atoms with van der Waals surface area (Å²) in [6, 6.07) is 0. The van der Waals surface area contributed by atoms with Crippen LogP contribution in [0.25, 0.3) is 0 Å². The Morgan fingerprint density at radius 3 is 0.895 bits per heavy atom. The monoisotopic (exact) mass is 289 g/mol. The average Bonchev–Trinajstić information content (AvgIpc) is 3.05. The molecule has 3 amide bonds. The van der Waals surface area contributed by atoms with Gasteiger partial charge >= 0.3 is 0 Å². The van der Waals surface area contributed by atoms with Crippen LogP contribution < -0.4 is 16.0 Å². The highest BCUT2D eigenvalue weighted by molar-refractivity contribution is 6.92. The predicted octanol–water partition coefficient (Wildman–Crippen LogP) is -0.253. The van der Waals surface area contributed by atoms with Crippen LogP contribution in [0.15, 0.2) is 0 Å². The lowest BCUT2D eigenvalue weighted by atomic mass is 10.4. The quantitative estimate of drug-likeness (QED) is 0.537. The van der Waals surface area contributed by atoms with Crippen LogP contribution in [-0.2, 0) is 14.4 Å². The van der Waals surface area contributed by atoms with Crippen molar-refractivity contribution in [2.24, 2.45) is 0 Å². The first-order chi connectivity index (χ1) is 8.68. The Bertz CT molecular complexity index is 239. The molecule has 19 heavy (non-hydrogen) atoms. The fourth-order valence-corrected chi connectivity index (χ4v) is 1.70. The van der Waals surface area contributed by atoms with Gasteiger partial charge in [-0.25, -0.2) is 0 Å². The molecule has 0 saturated carbocycles. The van der Waals surface area contributed by atoms with E-state index in [1.54, 1.807) is 0 Å². The van der Waals surface area contributed by atoms with E-state index in [2.05, 4.69) is 16.0 Å². The van der Waals surface area contributed by atoms with Gasteiger partial charge in [0.2, 0.25) is 17.7 Å². The van der Waals surface area contributed by atoms with Crippen molar-refractivity contribution in [3.05, 3.63) is 0 Å². The second-order valence-corrected chi connectivity index (χ2v) is 4.36. The van der Waals surface area contributed by atoms with Crippen molar-refractivity contribution in [2.75, 3.05) is 19.6 Å². The average molecular weight is 289 g/mol. The molecule has 3 heterocycles. The minimum atomic E-state index is 0. The molecule has 110 valence electrons. The summed E-state index contributed by atoms with van der Waals surface area (Å²) >= 11 is 0. The van der Waals surface area contributed by atoms with E-state index < -0.39 is 0 Å². The van der Waals surface area contributed by atoms with Crippen LogP contribution in [0.3, 0.4) is 0 Å². The van der Waals surface area contributed by atoms with Crippen molar-refractivity contribution in [2.45, 2.75) is 38.5 Å². The van der Waals surface area contributed by atoms with Crippen molar-refractivity contribution in [1.29, 1.82) is 0 Å². The normalized spacial score (nSPS) is 19.9. The highest BCUT2D eigenvalue weighted by atomic mass is 31.0. The molecule has 3 fully saturated rings. The fourth-order valence-electron chi connectivity index (χ4n) is 1.70. The molecule has 0 aromatic rings. The molecule has 0 bridgehead atoms. The SMILES string of the molecule is O=C1CCCN1.O=C1CCCN1.O=C1CCCN1.P. The Kier molecular flexibility index (Phi) is 10.1. The third-order valence-electron chi connectivity index (χ3n) is 2.71. The molecule has 0 aromatic heterocycles. The molecule has 3 rings (SSSR count). The number of carbonyl (C=O) groups excluding carboxylic acids is 3. The van der Waals surface area contributed by atoms with E-state index in [4.69, 9.17) is 0 Å². The zero-order chi connectivity index (χ0) is 13.2. The van der Waals surface area contributed by atoms with Crippen molar-refractivity contribution in [3.8, 4) is 0 Å². The van der Waals surface area contributed by atoms with Crippen molar-refractivity contribution < 1.29 is 14.4 Å². The Morgan fingerprint density at radius 2 is 0.842 bits per heavy atom. The lowest BCUT2D eigenvalue weighted by Gasteiger charge is -1.80. The van der Waals surface area contributed by atoms with E-state index in [0.717, 1.165) is 58.2 Å².